The molecule has 2 heterocycles. The molecule has 1 fully saturated rings. The lowest BCUT2D eigenvalue weighted by Crippen LogP contribution is -2.38. The summed E-state index contributed by atoms with van der Waals surface area (Å²) >= 11 is 1.44. The number of hydrogen-bond acceptors (Lipinski definition) is 6. The fraction of sp³-hybridized carbons (Fsp3) is 0.423. The first-order valence-electron chi connectivity index (χ1n) is 12.1. The van der Waals surface area contributed by atoms with Crippen LogP contribution in [0.1, 0.15) is 42.5 Å². The number of benzene rings is 2. The van der Waals surface area contributed by atoms with Gasteiger partial charge in [-0.05, 0) is 54.5 Å². The Hall–Kier alpha value is -2.84. The molecule has 1 aliphatic heterocycles. The molecule has 5 rings (SSSR count). The third-order valence-corrected chi connectivity index (χ3v) is 7.45. The van der Waals surface area contributed by atoms with Crippen LogP contribution in [-0.2, 0) is 22.4 Å². The smallest absolute Gasteiger partial charge is 0.232 e. The van der Waals surface area contributed by atoms with Gasteiger partial charge in [0, 0.05) is 13.1 Å². The SMILES string of the molecule is CCc1cccc(-n2c(SCC(=O)N[C@@H]3CCCc4ccccc43)nnc2N2CCOCC2)c1. The molecular weight excluding hydrogens is 446 g/mol. The molecule has 7 nitrogen and oxygen atoms in total. The lowest BCUT2D eigenvalue weighted by molar-refractivity contribution is -0.119. The third-order valence-electron chi connectivity index (χ3n) is 6.52. The highest BCUT2D eigenvalue weighted by Crippen LogP contribution is 2.31. The van der Waals surface area contributed by atoms with E-state index in [4.69, 9.17) is 4.74 Å². The second kappa shape index (κ2) is 10.6. The van der Waals surface area contributed by atoms with Crippen molar-refractivity contribution < 1.29 is 9.53 Å². The van der Waals surface area contributed by atoms with E-state index < -0.39 is 0 Å². The van der Waals surface area contributed by atoms with E-state index in [1.54, 1.807) is 0 Å². The van der Waals surface area contributed by atoms with Gasteiger partial charge < -0.3 is 15.0 Å². The molecule has 3 aromatic rings. The molecule has 0 radical (unpaired) electrons. The maximum Gasteiger partial charge on any atom is 0.232 e. The number of fused-ring (bicyclic) bond motifs is 1. The van der Waals surface area contributed by atoms with Crippen molar-refractivity contribution in [2.75, 3.05) is 37.0 Å². The summed E-state index contributed by atoms with van der Waals surface area (Å²) in [5.74, 6) is 1.13. The van der Waals surface area contributed by atoms with E-state index in [9.17, 15) is 4.79 Å². The van der Waals surface area contributed by atoms with Gasteiger partial charge in [-0.15, -0.1) is 10.2 Å². The summed E-state index contributed by atoms with van der Waals surface area (Å²) in [6, 6.07) is 17.0. The Kier molecular flexibility index (Phi) is 7.16. The number of morpholine rings is 1. The molecule has 1 atom stereocenters. The highest BCUT2D eigenvalue weighted by Gasteiger charge is 2.24. The Labute approximate surface area is 204 Å². The van der Waals surface area contributed by atoms with Gasteiger partial charge >= 0.3 is 0 Å². The van der Waals surface area contributed by atoms with Crippen molar-refractivity contribution in [3.05, 3.63) is 65.2 Å². The number of nitrogens with zero attached hydrogens (tertiary/aromatic N) is 4. The topological polar surface area (TPSA) is 72.3 Å². The summed E-state index contributed by atoms with van der Waals surface area (Å²) in [6.07, 6.45) is 4.12. The average molecular weight is 478 g/mol. The first kappa shape index (κ1) is 22.9. The van der Waals surface area contributed by atoms with Gasteiger partial charge in [0.1, 0.15) is 0 Å². The van der Waals surface area contributed by atoms with E-state index in [-0.39, 0.29) is 11.9 Å². The van der Waals surface area contributed by atoms with Crippen LogP contribution in [0.2, 0.25) is 0 Å². The number of anilines is 1. The largest absolute Gasteiger partial charge is 0.378 e. The first-order chi connectivity index (χ1) is 16.7. The molecule has 0 spiro atoms. The minimum Gasteiger partial charge on any atom is -0.378 e. The molecule has 1 saturated heterocycles. The molecule has 178 valence electrons. The number of aryl methyl sites for hydroxylation is 2. The number of carbonyl (C=O) groups excluding carboxylic acids is 1. The number of thioether (sulfide) groups is 1. The number of ether oxygens (including phenoxy) is 1. The maximum absolute atomic E-state index is 12.9. The van der Waals surface area contributed by atoms with Crippen LogP contribution in [0.15, 0.2) is 53.7 Å². The summed E-state index contributed by atoms with van der Waals surface area (Å²) in [5, 5.41) is 13.0. The monoisotopic (exact) mass is 477 g/mol. The molecule has 1 aromatic heterocycles. The van der Waals surface area contributed by atoms with Gasteiger partial charge in [-0.2, -0.15) is 0 Å². The van der Waals surface area contributed by atoms with Crippen molar-refractivity contribution in [1.29, 1.82) is 0 Å². The van der Waals surface area contributed by atoms with Crippen molar-refractivity contribution >= 4 is 23.6 Å². The van der Waals surface area contributed by atoms with Gasteiger partial charge in [0.05, 0.1) is 30.7 Å². The average Bonchev–Trinajstić information content (AvgIpc) is 3.32. The Morgan fingerprint density at radius 1 is 1.15 bits per heavy atom. The van der Waals surface area contributed by atoms with Gasteiger partial charge in [-0.3, -0.25) is 9.36 Å². The molecular formula is C26H31N5O2S. The molecule has 2 aliphatic rings. The third kappa shape index (κ3) is 4.98. The summed E-state index contributed by atoms with van der Waals surface area (Å²) in [7, 11) is 0. The lowest BCUT2D eigenvalue weighted by atomic mass is 9.88. The van der Waals surface area contributed by atoms with Crippen molar-refractivity contribution in [3.63, 3.8) is 0 Å². The predicted molar refractivity (Wildman–Crippen MR) is 135 cm³/mol. The van der Waals surface area contributed by atoms with Crippen molar-refractivity contribution in [3.8, 4) is 5.69 Å². The molecule has 1 amide bonds. The Bertz CT molecular complexity index is 1140. The minimum absolute atomic E-state index is 0.0245. The number of nitrogens with one attached hydrogen (secondary N) is 1. The molecule has 0 bridgehead atoms. The zero-order valence-corrected chi connectivity index (χ0v) is 20.4. The number of rotatable bonds is 7. The number of carbonyl (C=O) groups is 1. The van der Waals surface area contributed by atoms with Crippen LogP contribution in [0.4, 0.5) is 5.95 Å². The second-order valence-electron chi connectivity index (χ2n) is 8.74. The van der Waals surface area contributed by atoms with E-state index >= 15 is 0 Å². The summed E-state index contributed by atoms with van der Waals surface area (Å²) in [6.45, 7) is 5.05. The van der Waals surface area contributed by atoms with Crippen LogP contribution < -0.4 is 10.2 Å². The van der Waals surface area contributed by atoms with Crippen molar-refractivity contribution in [2.45, 2.75) is 43.8 Å². The maximum atomic E-state index is 12.9. The lowest BCUT2D eigenvalue weighted by Gasteiger charge is -2.28. The van der Waals surface area contributed by atoms with Gasteiger partial charge in [0.2, 0.25) is 11.9 Å². The second-order valence-corrected chi connectivity index (χ2v) is 9.68. The number of aromatic nitrogens is 3. The fourth-order valence-corrected chi connectivity index (χ4v) is 5.49. The summed E-state index contributed by atoms with van der Waals surface area (Å²) < 4.78 is 7.61. The van der Waals surface area contributed by atoms with Gasteiger partial charge in [0.15, 0.2) is 5.16 Å². The van der Waals surface area contributed by atoms with Gasteiger partial charge in [-0.25, -0.2) is 0 Å². The van der Waals surface area contributed by atoms with Crippen LogP contribution in [0, 0.1) is 0 Å². The number of amides is 1. The van der Waals surface area contributed by atoms with Crippen LogP contribution in [-0.4, -0.2) is 52.7 Å². The standard InChI is InChI=1S/C26H31N5O2S/c1-2-19-7-5-10-21(17-19)31-25(30-13-15-33-16-14-30)28-29-26(31)34-18-24(32)27-23-12-6-9-20-8-3-4-11-22(20)23/h3-5,7-8,10-11,17,23H,2,6,9,12-16,18H2,1H3,(H,27,32)/t23-/m1/s1. The molecule has 34 heavy (non-hydrogen) atoms. The van der Waals surface area contributed by atoms with E-state index in [0.717, 1.165) is 55.6 Å². The van der Waals surface area contributed by atoms with Crippen LogP contribution >= 0.6 is 11.8 Å². The van der Waals surface area contributed by atoms with Crippen LogP contribution in [0.25, 0.3) is 5.69 Å². The Morgan fingerprint density at radius 2 is 2.00 bits per heavy atom. The zero-order valence-electron chi connectivity index (χ0n) is 19.6. The van der Waals surface area contributed by atoms with Crippen molar-refractivity contribution in [2.24, 2.45) is 0 Å². The summed E-state index contributed by atoms with van der Waals surface area (Å²) in [5.41, 5.74) is 4.87. The molecule has 0 saturated carbocycles. The molecule has 0 unspecified atom stereocenters. The van der Waals surface area contributed by atoms with Crippen molar-refractivity contribution in [1.82, 2.24) is 20.1 Å². The van der Waals surface area contributed by atoms with Gasteiger partial charge in [0.25, 0.3) is 0 Å². The van der Waals surface area contributed by atoms with Crippen LogP contribution in [0.5, 0.6) is 0 Å². The molecule has 1 aliphatic carbocycles. The van der Waals surface area contributed by atoms with E-state index in [1.165, 1.54) is 28.5 Å². The van der Waals surface area contributed by atoms with E-state index in [1.807, 2.05) is 0 Å². The normalized spacial score (nSPS) is 17.9. The van der Waals surface area contributed by atoms with Gasteiger partial charge in [-0.1, -0.05) is 55.1 Å². The quantitative estimate of drug-likeness (QED) is 0.520. The highest BCUT2D eigenvalue weighted by molar-refractivity contribution is 7.99. The Balaban J connectivity index is 1.34. The minimum atomic E-state index is 0.0245. The van der Waals surface area contributed by atoms with E-state index in [2.05, 4.69) is 80.4 Å². The number of hydrogen-bond donors (Lipinski definition) is 1. The molecule has 8 heteroatoms. The zero-order chi connectivity index (χ0) is 23.3. The highest BCUT2D eigenvalue weighted by atomic mass is 32.2. The fourth-order valence-electron chi connectivity index (χ4n) is 4.74. The first-order valence-corrected chi connectivity index (χ1v) is 13.1. The van der Waals surface area contributed by atoms with Crippen LogP contribution in [0.3, 0.4) is 0 Å². The predicted octanol–water partition coefficient (Wildman–Crippen LogP) is 3.95. The van der Waals surface area contributed by atoms with E-state index in [0.29, 0.717) is 19.0 Å². The molecule has 2 aromatic carbocycles. The summed E-state index contributed by atoms with van der Waals surface area (Å²) in [4.78, 5) is 15.1. The molecule has 1 N–H and O–H groups in total. The Morgan fingerprint density at radius 3 is 2.85 bits per heavy atom.